The summed E-state index contributed by atoms with van der Waals surface area (Å²) in [5.41, 5.74) is 2.81. The highest BCUT2D eigenvalue weighted by molar-refractivity contribution is 7.18. The third-order valence-corrected chi connectivity index (χ3v) is 6.33. The lowest BCUT2D eigenvalue weighted by molar-refractivity contribution is 0.284. The van der Waals surface area contributed by atoms with E-state index >= 15 is 0 Å². The molecule has 4 heterocycles. The maximum atomic E-state index is 4.90. The van der Waals surface area contributed by atoms with Crippen molar-refractivity contribution in [3.8, 4) is 11.3 Å². The summed E-state index contributed by atoms with van der Waals surface area (Å²) < 4.78 is 1.80. The van der Waals surface area contributed by atoms with Gasteiger partial charge in [0.05, 0.1) is 5.69 Å². The van der Waals surface area contributed by atoms with Crippen molar-refractivity contribution < 1.29 is 0 Å². The van der Waals surface area contributed by atoms with Crippen LogP contribution >= 0.6 is 11.3 Å². The highest BCUT2D eigenvalue weighted by Crippen LogP contribution is 2.45. The van der Waals surface area contributed by atoms with Crippen LogP contribution < -0.4 is 0 Å². The molecule has 0 unspecified atom stereocenters. The van der Waals surface area contributed by atoms with Crippen LogP contribution in [0.4, 0.5) is 0 Å². The van der Waals surface area contributed by atoms with Gasteiger partial charge in [-0.3, -0.25) is 4.68 Å². The van der Waals surface area contributed by atoms with E-state index in [1.165, 1.54) is 23.1 Å². The number of pyridine rings is 2. The van der Waals surface area contributed by atoms with Gasteiger partial charge in [-0.2, -0.15) is 5.10 Å². The molecule has 0 aliphatic heterocycles. The number of hydrogen-bond acceptors (Lipinski definition) is 4. The molecule has 0 radical (unpaired) electrons. The van der Waals surface area contributed by atoms with Gasteiger partial charge in [0.2, 0.25) is 0 Å². The number of rotatable bonds is 2. The molecule has 0 spiro atoms. The van der Waals surface area contributed by atoms with Gasteiger partial charge in [0.25, 0.3) is 0 Å². The van der Waals surface area contributed by atoms with Gasteiger partial charge in [0.15, 0.2) is 5.65 Å². The Balaban J connectivity index is 1.57. The lowest BCUT2D eigenvalue weighted by Gasteiger charge is -2.32. The molecule has 4 aromatic rings. The van der Waals surface area contributed by atoms with Crippen molar-refractivity contribution >= 4 is 32.6 Å². The van der Waals surface area contributed by atoms with Crippen molar-refractivity contribution in [3.05, 3.63) is 41.5 Å². The maximum absolute atomic E-state index is 4.90. The molecule has 1 aliphatic rings. The lowest BCUT2D eigenvalue weighted by atomic mass is 9.74. The Labute approximate surface area is 144 Å². The molecule has 0 bridgehead atoms. The van der Waals surface area contributed by atoms with E-state index in [9.17, 15) is 0 Å². The second-order valence-electron chi connectivity index (χ2n) is 6.84. The summed E-state index contributed by atoms with van der Waals surface area (Å²) in [6.45, 7) is 2.35. The number of nitrogens with zero attached hydrogens (tertiary/aromatic N) is 4. The van der Waals surface area contributed by atoms with Crippen molar-refractivity contribution in [2.75, 3.05) is 0 Å². The van der Waals surface area contributed by atoms with E-state index in [4.69, 9.17) is 4.98 Å². The summed E-state index contributed by atoms with van der Waals surface area (Å²) in [6, 6.07) is 8.74. The van der Waals surface area contributed by atoms with E-state index in [1.54, 1.807) is 4.68 Å². The largest absolute Gasteiger partial charge is 0.273 e. The molecule has 0 N–H and O–H groups in total. The standard InChI is InChI=1S/C19H18N4S/c1-11-3-5-15(11)17-8-12-4-6-16(21-19(12)24-17)13-7-14-10-23(2)22-18(14)20-9-13/h4,6-11,15H,3,5H2,1-2H3/t11-,15-/m0/s1. The first-order valence-corrected chi connectivity index (χ1v) is 9.19. The Morgan fingerprint density at radius 2 is 2.08 bits per heavy atom. The fourth-order valence-corrected chi connectivity index (χ4v) is 4.84. The van der Waals surface area contributed by atoms with Gasteiger partial charge >= 0.3 is 0 Å². The van der Waals surface area contributed by atoms with Gasteiger partial charge in [-0.1, -0.05) is 6.92 Å². The average molecular weight is 334 g/mol. The van der Waals surface area contributed by atoms with Crippen LogP contribution in [-0.2, 0) is 7.05 Å². The van der Waals surface area contributed by atoms with Crippen molar-refractivity contribution in [1.82, 2.24) is 19.7 Å². The SMILES string of the molecule is C[C@H]1CC[C@@H]1c1cc2ccc(-c3cnc4nn(C)cc4c3)nc2s1. The first-order chi connectivity index (χ1) is 11.7. The summed E-state index contributed by atoms with van der Waals surface area (Å²) in [5.74, 6) is 1.55. The van der Waals surface area contributed by atoms with E-state index in [1.807, 2.05) is 30.8 Å². The minimum atomic E-state index is 0.737. The molecule has 5 rings (SSSR count). The molecule has 2 atom stereocenters. The van der Waals surface area contributed by atoms with E-state index in [2.05, 4.69) is 41.3 Å². The molecule has 4 nitrogen and oxygen atoms in total. The minimum absolute atomic E-state index is 0.737. The van der Waals surface area contributed by atoms with Crippen LogP contribution in [0.15, 0.2) is 36.7 Å². The van der Waals surface area contributed by atoms with Gasteiger partial charge in [-0.05, 0) is 48.9 Å². The Bertz CT molecular complexity index is 1060. The predicted molar refractivity (Wildman–Crippen MR) is 98.3 cm³/mol. The molecule has 120 valence electrons. The normalized spacial score (nSPS) is 20.6. The van der Waals surface area contributed by atoms with E-state index < -0.39 is 0 Å². The fraction of sp³-hybridized carbons (Fsp3) is 0.316. The maximum Gasteiger partial charge on any atom is 0.181 e. The quantitative estimate of drug-likeness (QED) is 0.531. The molecule has 5 heteroatoms. The van der Waals surface area contributed by atoms with Gasteiger partial charge in [0, 0.05) is 40.7 Å². The smallest absolute Gasteiger partial charge is 0.181 e. The summed E-state index contributed by atoms with van der Waals surface area (Å²) in [6.07, 6.45) is 6.54. The van der Waals surface area contributed by atoms with Crippen molar-refractivity contribution in [2.45, 2.75) is 25.7 Å². The third-order valence-electron chi connectivity index (χ3n) is 5.16. The number of aromatic nitrogens is 4. The van der Waals surface area contributed by atoms with Crippen LogP contribution in [0.3, 0.4) is 0 Å². The van der Waals surface area contributed by atoms with Gasteiger partial charge < -0.3 is 0 Å². The molecule has 24 heavy (non-hydrogen) atoms. The Hall–Kier alpha value is -2.27. The van der Waals surface area contributed by atoms with Crippen LogP contribution in [0, 0.1) is 5.92 Å². The zero-order chi connectivity index (χ0) is 16.3. The molecule has 1 saturated carbocycles. The summed E-state index contributed by atoms with van der Waals surface area (Å²) in [7, 11) is 1.92. The van der Waals surface area contributed by atoms with Crippen molar-refractivity contribution in [1.29, 1.82) is 0 Å². The van der Waals surface area contributed by atoms with Gasteiger partial charge in [0.1, 0.15) is 4.83 Å². The molecule has 1 aliphatic carbocycles. The Morgan fingerprint density at radius 1 is 1.17 bits per heavy atom. The number of aryl methyl sites for hydroxylation is 1. The second-order valence-corrected chi connectivity index (χ2v) is 7.90. The summed E-state index contributed by atoms with van der Waals surface area (Å²) >= 11 is 1.85. The zero-order valence-corrected chi connectivity index (χ0v) is 14.5. The van der Waals surface area contributed by atoms with Crippen LogP contribution in [0.1, 0.15) is 30.6 Å². The Morgan fingerprint density at radius 3 is 2.88 bits per heavy atom. The Kier molecular flexibility index (Phi) is 3.00. The third kappa shape index (κ3) is 2.15. The monoisotopic (exact) mass is 334 g/mol. The summed E-state index contributed by atoms with van der Waals surface area (Å²) in [5, 5.41) is 6.64. The highest BCUT2D eigenvalue weighted by atomic mass is 32.1. The molecule has 0 aromatic carbocycles. The van der Waals surface area contributed by atoms with Crippen molar-refractivity contribution in [3.63, 3.8) is 0 Å². The fourth-order valence-electron chi connectivity index (χ4n) is 3.54. The van der Waals surface area contributed by atoms with Crippen molar-refractivity contribution in [2.24, 2.45) is 13.0 Å². The van der Waals surface area contributed by atoms with Crippen LogP contribution in [0.5, 0.6) is 0 Å². The molecule has 0 amide bonds. The minimum Gasteiger partial charge on any atom is -0.273 e. The second kappa shape index (κ2) is 5.11. The molecule has 0 saturated heterocycles. The highest BCUT2D eigenvalue weighted by Gasteiger charge is 2.29. The molecule has 1 fully saturated rings. The average Bonchev–Trinajstić information content (AvgIpc) is 3.13. The van der Waals surface area contributed by atoms with Gasteiger partial charge in [-0.15, -0.1) is 11.3 Å². The van der Waals surface area contributed by atoms with E-state index in [0.717, 1.165) is 39.0 Å². The molecule has 4 aromatic heterocycles. The predicted octanol–water partition coefficient (Wildman–Crippen LogP) is 4.76. The van der Waals surface area contributed by atoms with E-state index in [0.29, 0.717) is 0 Å². The summed E-state index contributed by atoms with van der Waals surface area (Å²) in [4.78, 5) is 12.0. The van der Waals surface area contributed by atoms with Crippen LogP contribution in [0.2, 0.25) is 0 Å². The number of thiophene rings is 1. The lowest BCUT2D eigenvalue weighted by Crippen LogP contribution is -2.19. The topological polar surface area (TPSA) is 43.6 Å². The van der Waals surface area contributed by atoms with E-state index in [-0.39, 0.29) is 0 Å². The van der Waals surface area contributed by atoms with Crippen LogP contribution in [0.25, 0.3) is 32.5 Å². The number of fused-ring (bicyclic) bond motifs is 2. The first kappa shape index (κ1) is 14.1. The van der Waals surface area contributed by atoms with Gasteiger partial charge in [-0.25, -0.2) is 9.97 Å². The molecular weight excluding hydrogens is 316 g/mol. The first-order valence-electron chi connectivity index (χ1n) is 8.37. The zero-order valence-electron chi connectivity index (χ0n) is 13.7. The number of hydrogen-bond donors (Lipinski definition) is 0. The van der Waals surface area contributed by atoms with Crippen LogP contribution in [-0.4, -0.2) is 19.7 Å². The molecular formula is C19H18N4S.